The largest absolute Gasteiger partial charge is 0.339 e. The Labute approximate surface area is 223 Å². The van der Waals surface area contributed by atoms with Crippen LogP contribution in [0.4, 0.5) is 5.69 Å². The highest BCUT2D eigenvalue weighted by Crippen LogP contribution is 2.46. The first-order chi connectivity index (χ1) is 17.4. The van der Waals surface area contributed by atoms with Crippen molar-refractivity contribution < 1.29 is 9.59 Å². The van der Waals surface area contributed by atoms with Crippen LogP contribution in [0.5, 0.6) is 0 Å². The maximum absolute atomic E-state index is 14.1. The van der Waals surface area contributed by atoms with Gasteiger partial charge in [-0.25, -0.2) is 0 Å². The second kappa shape index (κ2) is 10.7. The van der Waals surface area contributed by atoms with Gasteiger partial charge in [0.15, 0.2) is 0 Å². The van der Waals surface area contributed by atoms with Crippen LogP contribution >= 0.6 is 23.2 Å². The minimum Gasteiger partial charge on any atom is -0.339 e. The van der Waals surface area contributed by atoms with E-state index in [9.17, 15) is 9.59 Å². The van der Waals surface area contributed by atoms with E-state index in [2.05, 4.69) is 22.2 Å². The molecule has 1 atom stereocenters. The fourth-order valence-electron chi connectivity index (χ4n) is 6.10. The van der Waals surface area contributed by atoms with Gasteiger partial charge in [-0.1, -0.05) is 60.7 Å². The van der Waals surface area contributed by atoms with Crippen LogP contribution in [-0.4, -0.2) is 72.3 Å². The minimum absolute atomic E-state index is 0.0920. The second-order valence-electron chi connectivity index (χ2n) is 10.4. The Morgan fingerprint density at radius 2 is 1.75 bits per heavy atom. The van der Waals surface area contributed by atoms with Crippen LogP contribution in [0.15, 0.2) is 42.5 Å². The van der Waals surface area contributed by atoms with Crippen molar-refractivity contribution in [2.45, 2.75) is 50.1 Å². The standard InChI is InChI=1S/C28H34Cl2N4O2/c1-32-12-14-33(15-13-32)26(35)19-34(23-8-3-2-4-9-23)28(18-20-6-5-7-21(29)16-20)24-11-10-22(30)17-25(24)31-27(28)36/h5-7,10-11,16-17,23H,2-4,8-9,12-15,18-19H2,1H3,(H,31,36). The van der Waals surface area contributed by atoms with E-state index in [4.69, 9.17) is 23.2 Å². The molecule has 5 rings (SSSR count). The van der Waals surface area contributed by atoms with Crippen LogP contribution < -0.4 is 5.32 Å². The number of amides is 2. The summed E-state index contributed by atoms with van der Waals surface area (Å²) in [6, 6.07) is 13.4. The molecule has 6 nitrogen and oxygen atoms in total. The molecule has 1 N–H and O–H groups in total. The summed E-state index contributed by atoms with van der Waals surface area (Å²) in [7, 11) is 2.08. The fourth-order valence-corrected chi connectivity index (χ4v) is 6.49. The summed E-state index contributed by atoms with van der Waals surface area (Å²) < 4.78 is 0. The van der Waals surface area contributed by atoms with Crippen molar-refractivity contribution in [3.8, 4) is 0 Å². The van der Waals surface area contributed by atoms with E-state index >= 15 is 0 Å². The number of nitrogens with zero attached hydrogens (tertiary/aromatic N) is 3. The van der Waals surface area contributed by atoms with E-state index in [1.165, 1.54) is 6.42 Å². The van der Waals surface area contributed by atoms with Crippen LogP contribution in [0, 0.1) is 0 Å². The summed E-state index contributed by atoms with van der Waals surface area (Å²) >= 11 is 12.7. The molecule has 2 aliphatic heterocycles. The van der Waals surface area contributed by atoms with Crippen molar-refractivity contribution in [1.82, 2.24) is 14.7 Å². The van der Waals surface area contributed by atoms with Crippen molar-refractivity contribution in [3.05, 3.63) is 63.6 Å². The van der Waals surface area contributed by atoms with Crippen LogP contribution in [0.25, 0.3) is 0 Å². The van der Waals surface area contributed by atoms with E-state index in [-0.39, 0.29) is 24.4 Å². The Hall–Kier alpha value is -2.12. The van der Waals surface area contributed by atoms with Gasteiger partial charge in [0.1, 0.15) is 5.54 Å². The zero-order chi connectivity index (χ0) is 25.3. The highest BCUT2D eigenvalue weighted by atomic mass is 35.5. The first kappa shape index (κ1) is 25.5. The Bertz CT molecular complexity index is 1130. The van der Waals surface area contributed by atoms with Gasteiger partial charge < -0.3 is 15.1 Å². The molecule has 2 heterocycles. The van der Waals surface area contributed by atoms with Crippen LogP contribution in [0.3, 0.4) is 0 Å². The summed E-state index contributed by atoms with van der Waals surface area (Å²) in [6.45, 7) is 3.38. The lowest BCUT2D eigenvalue weighted by atomic mass is 9.80. The Morgan fingerprint density at radius 3 is 2.47 bits per heavy atom. The maximum atomic E-state index is 14.1. The third kappa shape index (κ3) is 5.01. The molecule has 2 amide bonds. The number of piperazine rings is 1. The highest BCUT2D eigenvalue weighted by molar-refractivity contribution is 6.31. The van der Waals surface area contributed by atoms with Crippen molar-refractivity contribution in [2.75, 3.05) is 45.1 Å². The second-order valence-corrected chi connectivity index (χ2v) is 11.3. The lowest BCUT2D eigenvalue weighted by Crippen LogP contribution is -2.60. The molecule has 1 saturated heterocycles. The molecular formula is C28H34Cl2N4O2. The number of fused-ring (bicyclic) bond motifs is 1. The predicted octanol–water partition coefficient (Wildman–Crippen LogP) is 4.79. The number of halogens is 2. The first-order valence-corrected chi connectivity index (χ1v) is 13.7. The number of benzene rings is 2. The normalized spacial score (nSPS) is 23.1. The molecule has 2 fully saturated rings. The summed E-state index contributed by atoms with van der Waals surface area (Å²) in [4.78, 5) is 34.2. The lowest BCUT2D eigenvalue weighted by molar-refractivity contribution is -0.141. The Balaban J connectivity index is 1.59. The van der Waals surface area contributed by atoms with E-state index in [1.807, 2.05) is 47.4 Å². The molecular weight excluding hydrogens is 495 g/mol. The van der Waals surface area contributed by atoms with Gasteiger partial charge >= 0.3 is 0 Å². The van der Waals surface area contributed by atoms with E-state index < -0.39 is 5.54 Å². The Morgan fingerprint density at radius 1 is 1.03 bits per heavy atom. The van der Waals surface area contributed by atoms with Crippen LogP contribution in [-0.2, 0) is 21.5 Å². The van der Waals surface area contributed by atoms with Gasteiger partial charge in [0.2, 0.25) is 11.8 Å². The molecule has 0 aromatic heterocycles. The number of hydrogen-bond acceptors (Lipinski definition) is 4. The smallest absolute Gasteiger partial charge is 0.249 e. The summed E-state index contributed by atoms with van der Waals surface area (Å²) in [5.74, 6) is -0.00847. The Kier molecular flexibility index (Phi) is 7.59. The maximum Gasteiger partial charge on any atom is 0.249 e. The minimum atomic E-state index is -1.02. The van der Waals surface area contributed by atoms with Crippen LogP contribution in [0.2, 0.25) is 10.0 Å². The molecule has 2 aromatic rings. The number of nitrogens with one attached hydrogen (secondary N) is 1. The topological polar surface area (TPSA) is 55.9 Å². The fraction of sp³-hybridized carbons (Fsp3) is 0.500. The molecule has 3 aliphatic rings. The molecule has 8 heteroatoms. The van der Waals surface area contributed by atoms with Gasteiger partial charge in [-0.05, 0) is 49.7 Å². The molecule has 1 aliphatic carbocycles. The molecule has 1 saturated carbocycles. The highest BCUT2D eigenvalue weighted by Gasteiger charge is 2.54. The zero-order valence-corrected chi connectivity index (χ0v) is 22.3. The first-order valence-electron chi connectivity index (χ1n) is 13.0. The van der Waals surface area contributed by atoms with Crippen molar-refractivity contribution in [2.24, 2.45) is 0 Å². The quantitative estimate of drug-likeness (QED) is 0.585. The average Bonchev–Trinajstić information content (AvgIpc) is 3.13. The van der Waals surface area contributed by atoms with Gasteiger partial charge in [-0.3, -0.25) is 14.5 Å². The van der Waals surface area contributed by atoms with Gasteiger partial charge in [0, 0.05) is 59.9 Å². The third-order valence-electron chi connectivity index (χ3n) is 8.07. The van der Waals surface area contributed by atoms with Crippen LogP contribution in [0.1, 0.15) is 43.2 Å². The molecule has 2 aromatic carbocycles. The van der Waals surface area contributed by atoms with Crippen molar-refractivity contribution in [3.63, 3.8) is 0 Å². The third-order valence-corrected chi connectivity index (χ3v) is 8.54. The molecule has 192 valence electrons. The monoisotopic (exact) mass is 528 g/mol. The van der Waals surface area contributed by atoms with Gasteiger partial charge in [0.05, 0.1) is 6.54 Å². The number of carbonyl (C=O) groups is 2. The number of likely N-dealkylation sites (N-methyl/N-ethyl adjacent to an activating group) is 1. The molecule has 36 heavy (non-hydrogen) atoms. The lowest BCUT2D eigenvalue weighted by Gasteiger charge is -2.46. The van der Waals surface area contributed by atoms with Crippen molar-refractivity contribution in [1.29, 1.82) is 0 Å². The predicted molar refractivity (Wildman–Crippen MR) is 145 cm³/mol. The number of anilines is 1. The zero-order valence-electron chi connectivity index (χ0n) is 20.8. The molecule has 0 spiro atoms. The molecule has 1 unspecified atom stereocenters. The van der Waals surface area contributed by atoms with E-state index in [0.717, 1.165) is 55.6 Å². The summed E-state index contributed by atoms with van der Waals surface area (Å²) in [5, 5.41) is 4.32. The van der Waals surface area contributed by atoms with Crippen molar-refractivity contribution >= 4 is 40.7 Å². The molecule has 0 bridgehead atoms. The van der Waals surface area contributed by atoms with E-state index in [1.54, 1.807) is 0 Å². The summed E-state index contributed by atoms with van der Waals surface area (Å²) in [6.07, 6.45) is 5.78. The average molecular weight is 530 g/mol. The number of hydrogen-bond donors (Lipinski definition) is 1. The summed E-state index contributed by atoms with van der Waals surface area (Å²) in [5.41, 5.74) is 1.55. The SMILES string of the molecule is CN1CCN(C(=O)CN(C2CCCCC2)C2(Cc3cccc(Cl)c3)C(=O)Nc3cc(Cl)ccc32)CC1. The molecule has 0 radical (unpaired) electrons. The number of carbonyl (C=O) groups excluding carboxylic acids is 2. The van der Waals surface area contributed by atoms with Gasteiger partial charge in [-0.2, -0.15) is 0 Å². The van der Waals surface area contributed by atoms with E-state index in [0.29, 0.717) is 29.6 Å². The van der Waals surface area contributed by atoms with Gasteiger partial charge in [-0.15, -0.1) is 0 Å². The van der Waals surface area contributed by atoms with Gasteiger partial charge in [0.25, 0.3) is 0 Å². The number of rotatable bonds is 6.